The molecule has 0 radical (unpaired) electrons. The highest BCUT2D eigenvalue weighted by atomic mass is 16.5. The molecular formula is C25H24N4O2. The summed E-state index contributed by atoms with van der Waals surface area (Å²) in [5.41, 5.74) is 5.46. The molecule has 6 nitrogen and oxygen atoms in total. The number of amides is 1. The van der Waals surface area contributed by atoms with E-state index in [9.17, 15) is 4.79 Å². The molecule has 2 N–H and O–H groups in total. The van der Waals surface area contributed by atoms with Gasteiger partial charge in [0.05, 0.1) is 24.2 Å². The molecule has 1 saturated heterocycles. The van der Waals surface area contributed by atoms with Gasteiger partial charge in [0.25, 0.3) is 5.91 Å². The van der Waals surface area contributed by atoms with E-state index in [4.69, 9.17) is 4.74 Å². The van der Waals surface area contributed by atoms with Gasteiger partial charge in [-0.1, -0.05) is 24.3 Å². The number of nitrogens with zero attached hydrogens (tertiary/aromatic N) is 2. The van der Waals surface area contributed by atoms with Crippen molar-refractivity contribution in [1.82, 2.24) is 14.9 Å². The molecule has 156 valence electrons. The van der Waals surface area contributed by atoms with E-state index < -0.39 is 0 Å². The average molecular weight is 412 g/mol. The summed E-state index contributed by atoms with van der Waals surface area (Å²) >= 11 is 0. The maximum Gasteiger partial charge on any atom is 0.255 e. The standard InChI is InChI=1S/C25H24N4O2/c30-25(20-5-3-4-18(16-20)17-29-12-14-31-15-13-29)26-21-10-8-19(9-11-21)24-27-22-6-1-2-7-23(22)28-24/h1-11,16H,12-15,17H2,(H,26,30)(H,27,28). The summed E-state index contributed by atoms with van der Waals surface area (Å²) in [6, 6.07) is 23.5. The number of ether oxygens (including phenoxy) is 1. The van der Waals surface area contributed by atoms with Crippen molar-refractivity contribution in [2.24, 2.45) is 0 Å². The highest BCUT2D eigenvalue weighted by Crippen LogP contribution is 2.22. The second-order valence-electron chi connectivity index (χ2n) is 7.72. The van der Waals surface area contributed by atoms with Crippen molar-refractivity contribution in [2.75, 3.05) is 31.6 Å². The lowest BCUT2D eigenvalue weighted by Gasteiger charge is -2.26. The van der Waals surface area contributed by atoms with Crippen LogP contribution in [0.4, 0.5) is 5.69 Å². The van der Waals surface area contributed by atoms with Gasteiger partial charge in [-0.2, -0.15) is 0 Å². The molecule has 0 unspecified atom stereocenters. The van der Waals surface area contributed by atoms with Crippen molar-refractivity contribution >= 4 is 22.6 Å². The molecule has 0 aliphatic carbocycles. The van der Waals surface area contributed by atoms with Crippen molar-refractivity contribution in [2.45, 2.75) is 6.54 Å². The summed E-state index contributed by atoms with van der Waals surface area (Å²) < 4.78 is 5.41. The number of nitrogens with one attached hydrogen (secondary N) is 2. The number of fused-ring (bicyclic) bond motifs is 1. The molecule has 1 aromatic heterocycles. The van der Waals surface area contributed by atoms with Crippen LogP contribution in [-0.4, -0.2) is 47.1 Å². The monoisotopic (exact) mass is 412 g/mol. The van der Waals surface area contributed by atoms with E-state index >= 15 is 0 Å². The van der Waals surface area contributed by atoms with Crippen LogP contribution in [0.25, 0.3) is 22.4 Å². The second-order valence-corrected chi connectivity index (χ2v) is 7.72. The molecule has 3 aromatic carbocycles. The lowest BCUT2D eigenvalue weighted by molar-refractivity contribution is 0.0342. The number of benzene rings is 3. The fourth-order valence-corrected chi connectivity index (χ4v) is 3.83. The number of para-hydroxylation sites is 2. The van der Waals surface area contributed by atoms with E-state index in [0.29, 0.717) is 5.56 Å². The van der Waals surface area contributed by atoms with Crippen molar-refractivity contribution in [3.63, 3.8) is 0 Å². The summed E-state index contributed by atoms with van der Waals surface area (Å²) in [5, 5.41) is 2.99. The quantitative estimate of drug-likeness (QED) is 0.512. The molecule has 0 bridgehead atoms. The van der Waals surface area contributed by atoms with Crippen LogP contribution in [0.3, 0.4) is 0 Å². The first-order chi connectivity index (χ1) is 15.2. The zero-order chi connectivity index (χ0) is 21.0. The first-order valence-corrected chi connectivity index (χ1v) is 10.5. The molecule has 31 heavy (non-hydrogen) atoms. The third kappa shape index (κ3) is 4.50. The number of H-pyrrole nitrogens is 1. The Bertz CT molecular complexity index is 1160. The Morgan fingerprint density at radius 2 is 1.81 bits per heavy atom. The van der Waals surface area contributed by atoms with Crippen LogP contribution in [0.15, 0.2) is 72.8 Å². The van der Waals surface area contributed by atoms with Gasteiger partial charge < -0.3 is 15.0 Å². The highest BCUT2D eigenvalue weighted by Gasteiger charge is 2.13. The van der Waals surface area contributed by atoms with Gasteiger partial charge in [-0.25, -0.2) is 4.98 Å². The van der Waals surface area contributed by atoms with Crippen molar-refractivity contribution in [1.29, 1.82) is 0 Å². The molecule has 0 atom stereocenters. The normalized spacial score (nSPS) is 14.6. The lowest BCUT2D eigenvalue weighted by atomic mass is 10.1. The number of carbonyl (C=O) groups excluding carboxylic acids is 1. The van der Waals surface area contributed by atoms with Crippen molar-refractivity contribution < 1.29 is 9.53 Å². The Morgan fingerprint density at radius 3 is 2.61 bits per heavy atom. The molecule has 0 spiro atoms. The topological polar surface area (TPSA) is 70.2 Å². The van der Waals surface area contributed by atoms with E-state index in [2.05, 4.69) is 26.3 Å². The SMILES string of the molecule is O=C(Nc1ccc(-c2nc3ccccc3[nH]2)cc1)c1cccc(CN2CCOCC2)c1. The van der Waals surface area contributed by atoms with E-state index in [1.54, 1.807) is 0 Å². The molecular weight excluding hydrogens is 388 g/mol. The van der Waals surface area contributed by atoms with Gasteiger partial charge in [0.2, 0.25) is 0 Å². The van der Waals surface area contributed by atoms with Crippen LogP contribution in [0.2, 0.25) is 0 Å². The van der Waals surface area contributed by atoms with Crippen molar-refractivity contribution in [3.8, 4) is 11.4 Å². The number of morpholine rings is 1. The van der Waals surface area contributed by atoms with E-state index in [1.807, 2.05) is 66.7 Å². The molecule has 0 saturated carbocycles. The predicted octanol–water partition coefficient (Wildman–Crippen LogP) is 4.31. The number of imidazole rings is 1. The molecule has 1 amide bonds. The highest BCUT2D eigenvalue weighted by molar-refractivity contribution is 6.04. The third-order valence-electron chi connectivity index (χ3n) is 5.50. The zero-order valence-corrected chi connectivity index (χ0v) is 17.2. The summed E-state index contributed by atoms with van der Waals surface area (Å²) in [6.45, 7) is 4.22. The van der Waals surface area contributed by atoms with Gasteiger partial charge in [-0.15, -0.1) is 0 Å². The average Bonchev–Trinajstić information content (AvgIpc) is 3.25. The Labute approximate surface area is 180 Å². The zero-order valence-electron chi connectivity index (χ0n) is 17.2. The number of aromatic nitrogens is 2. The van der Waals surface area contributed by atoms with E-state index in [1.165, 1.54) is 0 Å². The van der Waals surface area contributed by atoms with Crippen LogP contribution in [0.1, 0.15) is 15.9 Å². The minimum Gasteiger partial charge on any atom is -0.379 e. The maximum absolute atomic E-state index is 12.8. The van der Waals surface area contributed by atoms with Crippen LogP contribution in [0, 0.1) is 0 Å². The van der Waals surface area contributed by atoms with Gasteiger partial charge in [-0.3, -0.25) is 9.69 Å². The van der Waals surface area contributed by atoms with Gasteiger partial charge in [-0.05, 0) is 54.1 Å². The number of anilines is 1. The fourth-order valence-electron chi connectivity index (χ4n) is 3.83. The number of aromatic amines is 1. The second kappa shape index (κ2) is 8.71. The Hall–Kier alpha value is -3.48. The molecule has 1 aliphatic rings. The molecule has 5 rings (SSSR count). The molecule has 6 heteroatoms. The molecule has 1 aliphatic heterocycles. The minimum absolute atomic E-state index is 0.111. The predicted molar refractivity (Wildman–Crippen MR) is 122 cm³/mol. The largest absolute Gasteiger partial charge is 0.379 e. The molecule has 4 aromatic rings. The summed E-state index contributed by atoms with van der Waals surface area (Å²) in [6.07, 6.45) is 0. The number of hydrogen-bond donors (Lipinski definition) is 2. The first-order valence-electron chi connectivity index (χ1n) is 10.5. The van der Waals surface area contributed by atoms with Gasteiger partial charge in [0.15, 0.2) is 0 Å². The minimum atomic E-state index is -0.111. The Kier molecular flexibility index (Phi) is 5.48. The van der Waals surface area contributed by atoms with Crippen LogP contribution >= 0.6 is 0 Å². The van der Waals surface area contributed by atoms with Crippen LogP contribution in [0.5, 0.6) is 0 Å². The first kappa shape index (κ1) is 19.5. The Balaban J connectivity index is 1.26. The van der Waals surface area contributed by atoms with Gasteiger partial charge in [0.1, 0.15) is 5.82 Å². The van der Waals surface area contributed by atoms with E-state index in [0.717, 1.165) is 66.5 Å². The van der Waals surface area contributed by atoms with E-state index in [-0.39, 0.29) is 5.91 Å². The number of rotatable bonds is 5. The molecule has 2 heterocycles. The van der Waals surface area contributed by atoms with Crippen LogP contribution < -0.4 is 5.32 Å². The van der Waals surface area contributed by atoms with Crippen molar-refractivity contribution in [3.05, 3.63) is 83.9 Å². The third-order valence-corrected chi connectivity index (χ3v) is 5.50. The Morgan fingerprint density at radius 1 is 1.00 bits per heavy atom. The maximum atomic E-state index is 12.8. The summed E-state index contributed by atoms with van der Waals surface area (Å²) in [7, 11) is 0. The lowest BCUT2D eigenvalue weighted by Crippen LogP contribution is -2.35. The van der Waals surface area contributed by atoms with Gasteiger partial charge in [0, 0.05) is 36.4 Å². The smallest absolute Gasteiger partial charge is 0.255 e. The summed E-state index contributed by atoms with van der Waals surface area (Å²) in [4.78, 5) is 23.1. The fraction of sp³-hybridized carbons (Fsp3) is 0.200. The molecule has 1 fully saturated rings. The summed E-state index contributed by atoms with van der Waals surface area (Å²) in [5.74, 6) is 0.704. The number of carbonyl (C=O) groups is 1. The van der Waals surface area contributed by atoms with Crippen LogP contribution in [-0.2, 0) is 11.3 Å². The van der Waals surface area contributed by atoms with Gasteiger partial charge >= 0.3 is 0 Å². The number of hydrogen-bond acceptors (Lipinski definition) is 4.